The summed E-state index contributed by atoms with van der Waals surface area (Å²) in [6.45, 7) is 0. The third kappa shape index (κ3) is 6.10. The van der Waals surface area contributed by atoms with Crippen molar-refractivity contribution < 1.29 is 14.3 Å². The molecule has 5 nitrogen and oxygen atoms in total. The highest BCUT2D eigenvalue weighted by Gasteiger charge is 2.09. The van der Waals surface area contributed by atoms with E-state index in [2.05, 4.69) is 26.6 Å². The van der Waals surface area contributed by atoms with E-state index in [4.69, 9.17) is 4.74 Å². The van der Waals surface area contributed by atoms with Crippen molar-refractivity contribution in [1.29, 1.82) is 0 Å². The number of para-hydroxylation sites is 1. The Morgan fingerprint density at radius 2 is 1.72 bits per heavy atom. The maximum absolute atomic E-state index is 12.4. The van der Waals surface area contributed by atoms with Crippen LogP contribution in [-0.4, -0.2) is 24.7 Å². The van der Waals surface area contributed by atoms with Crippen LogP contribution in [0.4, 0.5) is 11.4 Å². The van der Waals surface area contributed by atoms with Gasteiger partial charge >= 0.3 is 0 Å². The number of anilines is 2. The summed E-state index contributed by atoms with van der Waals surface area (Å²) in [6.07, 6.45) is 0. The van der Waals surface area contributed by atoms with E-state index in [1.165, 1.54) is 11.8 Å². The van der Waals surface area contributed by atoms with Gasteiger partial charge in [-0.25, -0.2) is 0 Å². The Morgan fingerprint density at radius 1 is 0.966 bits per heavy atom. The molecule has 0 aliphatic rings. The van der Waals surface area contributed by atoms with Crippen molar-refractivity contribution in [2.45, 2.75) is 4.90 Å². The van der Waals surface area contributed by atoms with Crippen molar-refractivity contribution in [3.8, 4) is 5.75 Å². The molecule has 7 heteroatoms. The van der Waals surface area contributed by atoms with Crippen LogP contribution < -0.4 is 15.4 Å². The first kappa shape index (κ1) is 21.0. The van der Waals surface area contributed by atoms with Gasteiger partial charge in [0.2, 0.25) is 5.91 Å². The quantitative estimate of drug-likeness (QED) is 0.451. The van der Waals surface area contributed by atoms with Gasteiger partial charge in [0.15, 0.2) is 0 Å². The summed E-state index contributed by atoms with van der Waals surface area (Å²) in [7, 11) is 1.58. The van der Waals surface area contributed by atoms with E-state index in [1.807, 2.05) is 48.5 Å². The molecule has 0 unspecified atom stereocenters. The SMILES string of the molecule is COc1ccc(C(=O)Nc2cccc(SCC(=O)Nc3ccccc3Br)c2)cc1. The van der Waals surface area contributed by atoms with E-state index < -0.39 is 0 Å². The lowest BCUT2D eigenvalue weighted by atomic mass is 10.2. The Morgan fingerprint density at radius 3 is 2.45 bits per heavy atom. The number of hydrogen-bond donors (Lipinski definition) is 2. The molecule has 0 aliphatic carbocycles. The monoisotopic (exact) mass is 470 g/mol. The van der Waals surface area contributed by atoms with E-state index in [0.717, 1.165) is 15.1 Å². The van der Waals surface area contributed by atoms with Gasteiger partial charge in [0, 0.05) is 20.6 Å². The van der Waals surface area contributed by atoms with Crippen molar-refractivity contribution in [3.63, 3.8) is 0 Å². The van der Waals surface area contributed by atoms with Crippen LogP contribution in [0.2, 0.25) is 0 Å². The van der Waals surface area contributed by atoms with Crippen molar-refractivity contribution >= 4 is 50.9 Å². The predicted molar refractivity (Wildman–Crippen MR) is 121 cm³/mol. The Labute approximate surface area is 182 Å². The number of methoxy groups -OCH3 is 1. The number of benzene rings is 3. The van der Waals surface area contributed by atoms with E-state index >= 15 is 0 Å². The number of carbonyl (C=O) groups excluding carboxylic acids is 2. The lowest BCUT2D eigenvalue weighted by molar-refractivity contribution is -0.113. The third-order valence-corrected chi connectivity index (χ3v) is 5.65. The second-order valence-corrected chi connectivity index (χ2v) is 7.93. The van der Waals surface area contributed by atoms with Gasteiger partial charge in [0.1, 0.15) is 5.75 Å². The maximum Gasteiger partial charge on any atom is 0.255 e. The topological polar surface area (TPSA) is 67.4 Å². The molecule has 3 aromatic carbocycles. The van der Waals surface area contributed by atoms with E-state index in [-0.39, 0.29) is 17.6 Å². The molecule has 0 fully saturated rings. The number of ether oxygens (including phenoxy) is 1. The summed E-state index contributed by atoms with van der Waals surface area (Å²) >= 11 is 4.81. The molecular formula is C22H19BrN2O3S. The molecule has 0 heterocycles. The zero-order valence-corrected chi connectivity index (χ0v) is 18.0. The first-order valence-corrected chi connectivity index (χ1v) is 10.6. The molecule has 29 heavy (non-hydrogen) atoms. The lowest BCUT2D eigenvalue weighted by Crippen LogP contribution is -2.14. The summed E-state index contributed by atoms with van der Waals surface area (Å²) in [6, 6.07) is 21.8. The van der Waals surface area contributed by atoms with Crippen LogP contribution in [0.5, 0.6) is 5.75 Å². The first-order chi connectivity index (χ1) is 14.0. The molecule has 0 radical (unpaired) electrons. The highest BCUT2D eigenvalue weighted by molar-refractivity contribution is 9.10. The molecule has 3 aromatic rings. The van der Waals surface area contributed by atoms with E-state index in [0.29, 0.717) is 17.0 Å². The molecule has 3 rings (SSSR count). The largest absolute Gasteiger partial charge is 0.497 e. The van der Waals surface area contributed by atoms with E-state index in [1.54, 1.807) is 31.4 Å². The predicted octanol–water partition coefficient (Wildman–Crippen LogP) is 5.44. The Hall–Kier alpha value is -2.77. The molecule has 0 aliphatic heterocycles. The molecule has 0 spiro atoms. The second kappa shape index (κ2) is 10.1. The van der Waals surface area contributed by atoms with Crippen LogP contribution in [0.3, 0.4) is 0 Å². The molecule has 0 bridgehead atoms. The highest BCUT2D eigenvalue weighted by atomic mass is 79.9. The number of carbonyl (C=O) groups is 2. The Balaban J connectivity index is 1.56. The van der Waals surface area contributed by atoms with E-state index in [9.17, 15) is 9.59 Å². The van der Waals surface area contributed by atoms with Gasteiger partial charge in [-0.2, -0.15) is 0 Å². The molecule has 0 atom stereocenters. The van der Waals surface area contributed by atoms with Crippen molar-refractivity contribution in [1.82, 2.24) is 0 Å². The van der Waals surface area contributed by atoms with Crippen LogP contribution in [0.15, 0.2) is 82.2 Å². The van der Waals surface area contributed by atoms with Gasteiger partial charge in [-0.05, 0) is 70.5 Å². The molecule has 0 aromatic heterocycles. The highest BCUT2D eigenvalue weighted by Crippen LogP contribution is 2.24. The fourth-order valence-electron chi connectivity index (χ4n) is 2.51. The average molecular weight is 471 g/mol. The number of rotatable bonds is 7. The van der Waals surface area contributed by atoms with Gasteiger partial charge in [0.25, 0.3) is 5.91 Å². The smallest absolute Gasteiger partial charge is 0.255 e. The average Bonchev–Trinajstić information content (AvgIpc) is 2.74. The number of nitrogens with one attached hydrogen (secondary N) is 2. The number of hydrogen-bond acceptors (Lipinski definition) is 4. The molecule has 0 saturated carbocycles. The van der Waals surface area contributed by atoms with Crippen LogP contribution in [0.1, 0.15) is 10.4 Å². The molecule has 2 N–H and O–H groups in total. The van der Waals surface area contributed by atoms with Gasteiger partial charge in [-0.3, -0.25) is 9.59 Å². The van der Waals surface area contributed by atoms with Gasteiger partial charge in [-0.1, -0.05) is 18.2 Å². The zero-order valence-electron chi connectivity index (χ0n) is 15.6. The van der Waals surface area contributed by atoms with Crippen LogP contribution in [0, 0.1) is 0 Å². The molecule has 148 valence electrons. The van der Waals surface area contributed by atoms with Crippen LogP contribution >= 0.6 is 27.7 Å². The lowest BCUT2D eigenvalue weighted by Gasteiger charge is -2.09. The first-order valence-electron chi connectivity index (χ1n) is 8.78. The zero-order chi connectivity index (χ0) is 20.6. The second-order valence-electron chi connectivity index (χ2n) is 6.03. The Kier molecular flexibility index (Phi) is 7.32. The van der Waals surface area contributed by atoms with Crippen LogP contribution in [-0.2, 0) is 4.79 Å². The minimum Gasteiger partial charge on any atom is -0.497 e. The Bertz CT molecular complexity index is 1010. The minimum atomic E-state index is -0.207. The van der Waals surface area contributed by atoms with Crippen molar-refractivity contribution in [2.75, 3.05) is 23.5 Å². The third-order valence-electron chi connectivity index (χ3n) is 3.96. The molecular weight excluding hydrogens is 452 g/mol. The number of thioether (sulfide) groups is 1. The maximum atomic E-state index is 12.4. The van der Waals surface area contributed by atoms with Crippen molar-refractivity contribution in [2.24, 2.45) is 0 Å². The minimum absolute atomic E-state index is 0.102. The standard InChI is InChI=1S/C22H19BrN2O3S/c1-28-17-11-9-15(10-12-17)22(27)24-16-5-4-6-18(13-16)29-14-21(26)25-20-8-3-2-7-19(20)23/h2-13H,14H2,1H3,(H,24,27)(H,25,26). The summed E-state index contributed by atoms with van der Waals surface area (Å²) in [4.78, 5) is 25.5. The fraction of sp³-hybridized carbons (Fsp3) is 0.0909. The van der Waals surface area contributed by atoms with Gasteiger partial charge in [-0.15, -0.1) is 11.8 Å². The summed E-state index contributed by atoms with van der Waals surface area (Å²) in [5.74, 6) is 0.647. The molecule has 0 saturated heterocycles. The number of amides is 2. The van der Waals surface area contributed by atoms with Crippen LogP contribution in [0.25, 0.3) is 0 Å². The normalized spacial score (nSPS) is 10.3. The van der Waals surface area contributed by atoms with Gasteiger partial charge in [0.05, 0.1) is 18.6 Å². The fourth-order valence-corrected chi connectivity index (χ4v) is 3.65. The van der Waals surface area contributed by atoms with Gasteiger partial charge < -0.3 is 15.4 Å². The summed E-state index contributed by atoms with van der Waals surface area (Å²) in [5.41, 5.74) is 1.94. The van der Waals surface area contributed by atoms with Crippen molar-refractivity contribution in [3.05, 3.63) is 82.8 Å². The summed E-state index contributed by atoms with van der Waals surface area (Å²) < 4.78 is 5.94. The summed E-state index contributed by atoms with van der Waals surface area (Å²) in [5, 5.41) is 5.74. The number of halogens is 1. The molecule has 2 amide bonds.